The van der Waals surface area contributed by atoms with Crippen LogP contribution in [0.4, 0.5) is 5.95 Å². The van der Waals surface area contributed by atoms with Gasteiger partial charge < -0.3 is 9.64 Å². The number of rotatable bonds is 3. The number of para-hydroxylation sites is 1. The smallest absolute Gasteiger partial charge is 0.267 e. The molecule has 28 heavy (non-hydrogen) atoms. The quantitative estimate of drug-likeness (QED) is 0.590. The second-order valence-electron chi connectivity index (χ2n) is 7.00. The van der Waals surface area contributed by atoms with Crippen LogP contribution in [-0.4, -0.2) is 51.0 Å². The van der Waals surface area contributed by atoms with E-state index in [1.54, 1.807) is 17.0 Å². The van der Waals surface area contributed by atoms with Gasteiger partial charge in [0.1, 0.15) is 0 Å². The number of H-pyrrole nitrogens is 1. The molecule has 0 aliphatic carbocycles. The van der Waals surface area contributed by atoms with Crippen LogP contribution in [0.5, 0.6) is 0 Å². The Morgan fingerprint density at radius 3 is 2.71 bits per heavy atom. The van der Waals surface area contributed by atoms with Crippen molar-refractivity contribution < 1.29 is 4.74 Å². The minimum atomic E-state index is -0.152. The van der Waals surface area contributed by atoms with Crippen molar-refractivity contribution in [3.8, 4) is 5.69 Å². The van der Waals surface area contributed by atoms with E-state index in [0.29, 0.717) is 28.5 Å². The Kier molecular flexibility index (Phi) is 4.05. The first-order valence-electron chi connectivity index (χ1n) is 9.35. The van der Waals surface area contributed by atoms with Gasteiger partial charge in [-0.2, -0.15) is 10.1 Å². The molecule has 0 radical (unpaired) electrons. The number of aromatic amines is 1. The summed E-state index contributed by atoms with van der Waals surface area (Å²) >= 11 is 0. The van der Waals surface area contributed by atoms with E-state index in [-0.39, 0.29) is 5.56 Å². The molecule has 0 amide bonds. The van der Waals surface area contributed by atoms with Crippen LogP contribution in [-0.2, 0) is 4.74 Å². The largest absolute Gasteiger partial charge is 0.381 e. The molecule has 1 fully saturated rings. The van der Waals surface area contributed by atoms with Gasteiger partial charge in [-0.25, -0.2) is 4.98 Å². The number of pyridine rings is 1. The summed E-state index contributed by atoms with van der Waals surface area (Å²) in [5.74, 6) is 0.599. The van der Waals surface area contributed by atoms with E-state index in [1.165, 1.54) is 0 Å². The standard InChI is InChI=1S/C20H20N6O2/c1-25(13-7-9-28-10-8-13)20-21-11-15-17-16(12-22-24-17)19(27)26(18(15)23-20)14-5-3-2-4-6-14/h2-6,11-13H,7-10H2,1H3,(H,22,24). The molecule has 1 aliphatic rings. The highest BCUT2D eigenvalue weighted by atomic mass is 16.5. The van der Waals surface area contributed by atoms with Gasteiger partial charge >= 0.3 is 0 Å². The highest BCUT2D eigenvalue weighted by Crippen LogP contribution is 2.25. The third-order valence-corrected chi connectivity index (χ3v) is 5.38. The average Bonchev–Trinajstić information content (AvgIpc) is 3.25. The molecule has 1 aliphatic heterocycles. The molecule has 1 N–H and O–H groups in total. The molecule has 0 atom stereocenters. The minimum absolute atomic E-state index is 0.152. The summed E-state index contributed by atoms with van der Waals surface area (Å²) < 4.78 is 7.10. The lowest BCUT2D eigenvalue weighted by atomic mass is 10.1. The van der Waals surface area contributed by atoms with Crippen molar-refractivity contribution in [3.63, 3.8) is 0 Å². The van der Waals surface area contributed by atoms with Crippen molar-refractivity contribution in [3.05, 3.63) is 53.1 Å². The van der Waals surface area contributed by atoms with Crippen molar-refractivity contribution in [2.45, 2.75) is 18.9 Å². The Morgan fingerprint density at radius 2 is 1.93 bits per heavy atom. The van der Waals surface area contributed by atoms with E-state index < -0.39 is 0 Å². The van der Waals surface area contributed by atoms with E-state index in [9.17, 15) is 4.79 Å². The van der Waals surface area contributed by atoms with Crippen molar-refractivity contribution in [2.75, 3.05) is 25.2 Å². The van der Waals surface area contributed by atoms with Gasteiger partial charge in [0.15, 0.2) is 5.65 Å². The Morgan fingerprint density at radius 1 is 1.14 bits per heavy atom. The van der Waals surface area contributed by atoms with Crippen LogP contribution < -0.4 is 10.5 Å². The predicted octanol–water partition coefficient (Wildman–Crippen LogP) is 2.27. The fourth-order valence-electron chi connectivity index (χ4n) is 3.80. The molecule has 0 spiro atoms. The van der Waals surface area contributed by atoms with Crippen molar-refractivity contribution >= 4 is 27.9 Å². The number of nitrogens with zero attached hydrogens (tertiary/aromatic N) is 5. The number of benzene rings is 1. The van der Waals surface area contributed by atoms with Gasteiger partial charge in [-0.1, -0.05) is 18.2 Å². The fourth-order valence-corrected chi connectivity index (χ4v) is 3.80. The molecule has 5 rings (SSSR count). The highest BCUT2D eigenvalue weighted by Gasteiger charge is 2.22. The van der Waals surface area contributed by atoms with Gasteiger partial charge in [-0.15, -0.1) is 0 Å². The SMILES string of the molecule is CN(c1ncc2c3[nH]ncc3c(=O)n(-c3ccccc3)c2n1)C1CCOCC1. The molecule has 4 aromatic rings. The number of fused-ring (bicyclic) bond motifs is 3. The first kappa shape index (κ1) is 16.9. The third-order valence-electron chi connectivity index (χ3n) is 5.38. The van der Waals surface area contributed by atoms with Crippen LogP contribution in [0, 0.1) is 0 Å². The number of hydrogen-bond donors (Lipinski definition) is 1. The van der Waals surface area contributed by atoms with Crippen LogP contribution in [0.25, 0.3) is 27.6 Å². The highest BCUT2D eigenvalue weighted by molar-refractivity contribution is 6.02. The summed E-state index contributed by atoms with van der Waals surface area (Å²) in [6.07, 6.45) is 5.19. The monoisotopic (exact) mass is 376 g/mol. The molecule has 4 heterocycles. The maximum absolute atomic E-state index is 13.2. The van der Waals surface area contributed by atoms with Crippen LogP contribution in [0.2, 0.25) is 0 Å². The molecular formula is C20H20N6O2. The van der Waals surface area contributed by atoms with Gasteiger partial charge in [-0.05, 0) is 25.0 Å². The van der Waals surface area contributed by atoms with Crippen LogP contribution in [0.3, 0.4) is 0 Å². The lowest BCUT2D eigenvalue weighted by molar-refractivity contribution is 0.0852. The average molecular weight is 376 g/mol. The normalized spacial score (nSPS) is 15.3. The summed E-state index contributed by atoms with van der Waals surface area (Å²) in [5, 5.41) is 8.26. The van der Waals surface area contributed by atoms with E-state index in [1.807, 2.05) is 37.4 Å². The summed E-state index contributed by atoms with van der Waals surface area (Å²) in [5.41, 5.74) is 1.84. The van der Waals surface area contributed by atoms with Gasteiger partial charge in [0.25, 0.3) is 5.56 Å². The second-order valence-corrected chi connectivity index (χ2v) is 7.00. The van der Waals surface area contributed by atoms with Crippen LogP contribution in [0.1, 0.15) is 12.8 Å². The number of hydrogen-bond acceptors (Lipinski definition) is 6. The molecule has 0 bridgehead atoms. The zero-order chi connectivity index (χ0) is 19.1. The lowest BCUT2D eigenvalue weighted by Crippen LogP contribution is -2.37. The summed E-state index contributed by atoms with van der Waals surface area (Å²) in [6.45, 7) is 1.48. The Hall–Kier alpha value is -3.26. The molecule has 0 saturated carbocycles. The predicted molar refractivity (Wildman–Crippen MR) is 107 cm³/mol. The Labute approximate surface area is 160 Å². The molecule has 8 nitrogen and oxygen atoms in total. The van der Waals surface area contributed by atoms with Gasteiger partial charge in [0, 0.05) is 32.5 Å². The zero-order valence-corrected chi connectivity index (χ0v) is 15.5. The first-order valence-corrected chi connectivity index (χ1v) is 9.35. The van der Waals surface area contributed by atoms with Gasteiger partial charge in [-0.3, -0.25) is 14.5 Å². The van der Waals surface area contributed by atoms with E-state index >= 15 is 0 Å². The molecule has 8 heteroatoms. The summed E-state index contributed by atoms with van der Waals surface area (Å²) in [7, 11) is 2.00. The Balaban J connectivity index is 1.75. The number of aromatic nitrogens is 5. The van der Waals surface area contributed by atoms with Crippen molar-refractivity contribution in [1.82, 2.24) is 24.7 Å². The maximum atomic E-state index is 13.2. The second kappa shape index (κ2) is 6.72. The van der Waals surface area contributed by atoms with Crippen molar-refractivity contribution in [1.29, 1.82) is 0 Å². The number of nitrogens with one attached hydrogen (secondary N) is 1. The van der Waals surface area contributed by atoms with Crippen molar-refractivity contribution in [2.24, 2.45) is 0 Å². The topological polar surface area (TPSA) is 88.9 Å². The molecular weight excluding hydrogens is 356 g/mol. The maximum Gasteiger partial charge on any atom is 0.267 e. The van der Waals surface area contributed by atoms with Gasteiger partial charge in [0.2, 0.25) is 5.95 Å². The summed E-state index contributed by atoms with van der Waals surface area (Å²) in [6, 6.07) is 9.85. The first-order chi connectivity index (χ1) is 13.7. The third kappa shape index (κ3) is 2.65. The van der Waals surface area contributed by atoms with E-state index in [0.717, 1.165) is 37.1 Å². The molecule has 1 aromatic carbocycles. The number of anilines is 1. The molecule has 142 valence electrons. The minimum Gasteiger partial charge on any atom is -0.381 e. The summed E-state index contributed by atoms with van der Waals surface area (Å²) in [4.78, 5) is 24.7. The zero-order valence-electron chi connectivity index (χ0n) is 15.5. The molecule has 3 aromatic heterocycles. The Bertz CT molecular complexity index is 1190. The molecule has 0 unspecified atom stereocenters. The molecule has 1 saturated heterocycles. The van der Waals surface area contributed by atoms with Gasteiger partial charge in [0.05, 0.1) is 28.2 Å². The number of ether oxygens (including phenoxy) is 1. The van der Waals surface area contributed by atoms with Crippen LogP contribution in [0.15, 0.2) is 47.5 Å². The van der Waals surface area contributed by atoms with E-state index in [4.69, 9.17) is 9.72 Å². The van der Waals surface area contributed by atoms with E-state index in [2.05, 4.69) is 20.1 Å². The van der Waals surface area contributed by atoms with Crippen LogP contribution >= 0.6 is 0 Å². The fraction of sp³-hybridized carbons (Fsp3) is 0.300. The lowest BCUT2D eigenvalue weighted by Gasteiger charge is -2.31.